The summed E-state index contributed by atoms with van der Waals surface area (Å²) in [6.45, 7) is 0.672. The Kier molecular flexibility index (Phi) is 1.95. The summed E-state index contributed by atoms with van der Waals surface area (Å²) in [5.41, 5.74) is 0. The maximum absolute atomic E-state index is 10.6. The lowest BCUT2D eigenvalue weighted by Gasteiger charge is -2.11. The molecule has 3 heteroatoms. The van der Waals surface area contributed by atoms with Gasteiger partial charge in [0.25, 0.3) is 0 Å². The van der Waals surface area contributed by atoms with Gasteiger partial charge in [-0.15, -0.1) is 0 Å². The minimum Gasteiger partial charge on any atom is -0.396 e. The van der Waals surface area contributed by atoms with Crippen LogP contribution in [0.4, 0.5) is 0 Å². The molecule has 1 aliphatic heterocycles. The molecule has 0 unspecified atom stereocenters. The second kappa shape index (κ2) is 2.73. The average molecular weight is 127 g/mol. The second-order valence-corrected chi connectivity index (χ2v) is 2.21. The Bertz CT molecular complexity index is 142. The first-order chi connectivity index (χ1) is 4.33. The fraction of sp³-hybridized carbons (Fsp3) is 0.667. The Morgan fingerprint density at radius 2 is 2.67 bits per heavy atom. The van der Waals surface area contributed by atoms with Crippen molar-refractivity contribution in [3.63, 3.8) is 0 Å². The Hall–Kier alpha value is -0.700. The van der Waals surface area contributed by atoms with Gasteiger partial charge in [0.2, 0.25) is 0 Å². The third kappa shape index (κ3) is 1.61. The highest BCUT2D eigenvalue weighted by atomic mass is 16.3. The molecular formula is C6H9NO2. The summed E-state index contributed by atoms with van der Waals surface area (Å²) < 4.78 is 0. The van der Waals surface area contributed by atoms with Gasteiger partial charge in [0.15, 0.2) is 5.78 Å². The molecule has 0 aromatic heterocycles. The monoisotopic (exact) mass is 127 g/mol. The van der Waals surface area contributed by atoms with Gasteiger partial charge in [0, 0.05) is 25.5 Å². The summed E-state index contributed by atoms with van der Waals surface area (Å²) in [5.74, 6) is 0.0998. The number of ketones is 1. The number of rotatable bonds is 1. The van der Waals surface area contributed by atoms with Gasteiger partial charge in [-0.05, 0) is 0 Å². The molecule has 0 aromatic rings. The van der Waals surface area contributed by atoms with Gasteiger partial charge in [-0.3, -0.25) is 9.79 Å². The number of aliphatic hydroxyl groups excluding tert-OH is 1. The smallest absolute Gasteiger partial charge is 0.173 e. The van der Waals surface area contributed by atoms with Crippen LogP contribution in [0.2, 0.25) is 0 Å². The van der Waals surface area contributed by atoms with E-state index in [1.807, 2.05) is 0 Å². The molecule has 1 N–H and O–H groups in total. The van der Waals surface area contributed by atoms with Crippen molar-refractivity contribution < 1.29 is 9.90 Å². The summed E-state index contributed by atoms with van der Waals surface area (Å²) in [4.78, 5) is 14.3. The van der Waals surface area contributed by atoms with E-state index in [-0.39, 0.29) is 18.3 Å². The first-order valence-electron chi connectivity index (χ1n) is 2.96. The second-order valence-electron chi connectivity index (χ2n) is 2.21. The largest absolute Gasteiger partial charge is 0.396 e. The lowest BCUT2D eigenvalue weighted by Crippen LogP contribution is -2.20. The lowest BCUT2D eigenvalue weighted by molar-refractivity contribution is -0.114. The van der Waals surface area contributed by atoms with Crippen LogP contribution >= 0.6 is 0 Å². The topological polar surface area (TPSA) is 49.7 Å². The number of aliphatic imine (C=N–C) groups is 1. The van der Waals surface area contributed by atoms with E-state index in [1.165, 1.54) is 6.21 Å². The molecule has 0 aliphatic carbocycles. The van der Waals surface area contributed by atoms with Gasteiger partial charge in [-0.1, -0.05) is 0 Å². The van der Waals surface area contributed by atoms with Crippen LogP contribution in [0, 0.1) is 5.92 Å². The number of hydrogen-bond acceptors (Lipinski definition) is 3. The average Bonchev–Trinajstić information content (AvgIpc) is 1.88. The minimum absolute atomic E-state index is 0.0281. The maximum Gasteiger partial charge on any atom is 0.173 e. The molecule has 1 heterocycles. The first kappa shape index (κ1) is 6.42. The van der Waals surface area contributed by atoms with E-state index in [4.69, 9.17) is 5.11 Å². The zero-order chi connectivity index (χ0) is 6.69. The van der Waals surface area contributed by atoms with Crippen molar-refractivity contribution in [1.82, 2.24) is 0 Å². The maximum atomic E-state index is 10.6. The number of Topliss-reactive ketones (excluding diaryl/α,β-unsaturated/α-hetero) is 1. The molecule has 0 radical (unpaired) electrons. The molecule has 50 valence electrons. The highest BCUT2D eigenvalue weighted by molar-refractivity contribution is 6.27. The summed E-state index contributed by atoms with van der Waals surface area (Å²) in [5, 5.41) is 8.58. The fourth-order valence-electron chi connectivity index (χ4n) is 0.828. The van der Waals surface area contributed by atoms with E-state index in [2.05, 4.69) is 4.99 Å². The van der Waals surface area contributed by atoms with Gasteiger partial charge in [0.1, 0.15) is 0 Å². The third-order valence-corrected chi connectivity index (χ3v) is 1.35. The highest BCUT2D eigenvalue weighted by Crippen LogP contribution is 2.06. The van der Waals surface area contributed by atoms with E-state index in [9.17, 15) is 4.79 Å². The fourth-order valence-corrected chi connectivity index (χ4v) is 0.828. The van der Waals surface area contributed by atoms with Crippen molar-refractivity contribution in [3.8, 4) is 0 Å². The molecule has 0 spiro atoms. The van der Waals surface area contributed by atoms with E-state index in [0.717, 1.165) is 0 Å². The molecule has 9 heavy (non-hydrogen) atoms. The molecule has 0 saturated carbocycles. The van der Waals surface area contributed by atoms with E-state index < -0.39 is 0 Å². The first-order valence-corrected chi connectivity index (χ1v) is 2.96. The van der Waals surface area contributed by atoms with Crippen molar-refractivity contribution in [2.45, 2.75) is 6.42 Å². The van der Waals surface area contributed by atoms with Crippen molar-refractivity contribution in [2.75, 3.05) is 13.2 Å². The molecule has 0 amide bonds. The van der Waals surface area contributed by atoms with Crippen LogP contribution in [-0.4, -0.2) is 30.3 Å². The number of carbonyl (C=O) groups excluding carboxylic acids is 1. The van der Waals surface area contributed by atoms with Gasteiger partial charge < -0.3 is 5.11 Å². The van der Waals surface area contributed by atoms with Crippen molar-refractivity contribution in [2.24, 2.45) is 10.9 Å². The van der Waals surface area contributed by atoms with Crippen LogP contribution in [0.3, 0.4) is 0 Å². The predicted octanol–water partition coefficient (Wildman–Crippen LogP) is -0.362. The third-order valence-electron chi connectivity index (χ3n) is 1.35. The molecule has 0 saturated heterocycles. The molecule has 0 bridgehead atoms. The molecule has 1 atom stereocenters. The number of aliphatic hydroxyl groups is 1. The Balaban J connectivity index is 2.47. The molecule has 0 aromatic carbocycles. The lowest BCUT2D eigenvalue weighted by atomic mass is 10.0. The standard InChI is InChI=1S/C6H9NO2/c8-4-5-1-6(9)3-7-2-5/h3,5,8H,1-2,4H2/t5-/m0/s1. The normalized spacial score (nSPS) is 26.8. The zero-order valence-electron chi connectivity index (χ0n) is 5.08. The number of nitrogens with zero attached hydrogens (tertiary/aromatic N) is 1. The molecule has 1 rings (SSSR count). The Labute approximate surface area is 53.4 Å². The van der Waals surface area contributed by atoms with Crippen LogP contribution in [-0.2, 0) is 4.79 Å². The van der Waals surface area contributed by atoms with Crippen LogP contribution < -0.4 is 0 Å². The Morgan fingerprint density at radius 3 is 3.11 bits per heavy atom. The van der Waals surface area contributed by atoms with Gasteiger partial charge in [0.05, 0.1) is 6.21 Å². The molecule has 1 aliphatic rings. The van der Waals surface area contributed by atoms with Crippen LogP contribution in [0.25, 0.3) is 0 Å². The predicted molar refractivity (Wildman–Crippen MR) is 33.6 cm³/mol. The van der Waals surface area contributed by atoms with E-state index in [1.54, 1.807) is 0 Å². The highest BCUT2D eigenvalue weighted by Gasteiger charge is 2.14. The van der Waals surface area contributed by atoms with Crippen LogP contribution in [0.5, 0.6) is 0 Å². The molecule has 0 fully saturated rings. The van der Waals surface area contributed by atoms with E-state index >= 15 is 0 Å². The van der Waals surface area contributed by atoms with Gasteiger partial charge in [-0.25, -0.2) is 0 Å². The quantitative estimate of drug-likeness (QED) is 0.523. The number of hydrogen-bond donors (Lipinski definition) is 1. The van der Waals surface area contributed by atoms with E-state index in [0.29, 0.717) is 13.0 Å². The van der Waals surface area contributed by atoms with Crippen molar-refractivity contribution in [3.05, 3.63) is 0 Å². The molecular weight excluding hydrogens is 118 g/mol. The number of carbonyl (C=O) groups is 1. The van der Waals surface area contributed by atoms with Gasteiger partial charge in [-0.2, -0.15) is 0 Å². The molecule has 3 nitrogen and oxygen atoms in total. The Morgan fingerprint density at radius 1 is 1.89 bits per heavy atom. The SMILES string of the molecule is O=C1C=NC[C@@H](CO)C1. The minimum atomic E-state index is 0.0281. The summed E-state index contributed by atoms with van der Waals surface area (Å²) >= 11 is 0. The summed E-state index contributed by atoms with van der Waals surface area (Å²) in [6.07, 6.45) is 1.80. The zero-order valence-corrected chi connectivity index (χ0v) is 5.08. The van der Waals surface area contributed by atoms with Crippen molar-refractivity contribution >= 4 is 12.0 Å². The van der Waals surface area contributed by atoms with Crippen molar-refractivity contribution in [1.29, 1.82) is 0 Å². The summed E-state index contributed by atoms with van der Waals surface area (Å²) in [7, 11) is 0. The van der Waals surface area contributed by atoms with Crippen LogP contribution in [0.1, 0.15) is 6.42 Å². The summed E-state index contributed by atoms with van der Waals surface area (Å²) in [6, 6.07) is 0. The van der Waals surface area contributed by atoms with Gasteiger partial charge >= 0.3 is 0 Å². The van der Waals surface area contributed by atoms with Crippen LogP contribution in [0.15, 0.2) is 4.99 Å².